The lowest BCUT2D eigenvalue weighted by Crippen LogP contribution is -2.29. The molecule has 1 nitrogen and oxygen atoms in total. The zero-order valence-electron chi connectivity index (χ0n) is 8.87. The lowest BCUT2D eigenvalue weighted by molar-refractivity contribution is 0.254. The van der Waals surface area contributed by atoms with Gasteiger partial charge in [-0.25, -0.2) is 0 Å². The van der Waals surface area contributed by atoms with Crippen LogP contribution >= 0.6 is 0 Å². The summed E-state index contributed by atoms with van der Waals surface area (Å²) in [5.41, 5.74) is 2.78. The molecule has 0 bridgehead atoms. The van der Waals surface area contributed by atoms with Gasteiger partial charge in [0.15, 0.2) is 0 Å². The van der Waals surface area contributed by atoms with Crippen LogP contribution in [0.4, 0.5) is 0 Å². The number of likely N-dealkylation sites (tertiary alicyclic amines) is 1. The van der Waals surface area contributed by atoms with Crippen molar-refractivity contribution in [1.82, 2.24) is 4.90 Å². The Morgan fingerprint density at radius 1 is 1.21 bits per heavy atom. The van der Waals surface area contributed by atoms with Crippen molar-refractivity contribution in [3.05, 3.63) is 41.8 Å². The molecule has 1 heterocycles. The van der Waals surface area contributed by atoms with Crippen molar-refractivity contribution in [2.24, 2.45) is 0 Å². The van der Waals surface area contributed by atoms with Crippen LogP contribution in [0.2, 0.25) is 0 Å². The first-order valence-electron chi connectivity index (χ1n) is 5.44. The van der Waals surface area contributed by atoms with E-state index in [-0.39, 0.29) is 0 Å². The van der Waals surface area contributed by atoms with E-state index in [4.69, 9.17) is 0 Å². The summed E-state index contributed by atoms with van der Waals surface area (Å²) < 4.78 is 0. The van der Waals surface area contributed by atoms with Gasteiger partial charge in [0, 0.05) is 13.1 Å². The smallest absolute Gasteiger partial charge is 0.0233 e. The molecule has 1 aliphatic heterocycles. The van der Waals surface area contributed by atoms with E-state index in [1.54, 1.807) is 0 Å². The van der Waals surface area contributed by atoms with E-state index in [9.17, 15) is 0 Å². The van der Waals surface area contributed by atoms with Gasteiger partial charge < -0.3 is 0 Å². The van der Waals surface area contributed by atoms with Gasteiger partial charge in [-0.1, -0.05) is 29.8 Å². The summed E-state index contributed by atoms with van der Waals surface area (Å²) in [5, 5.41) is 0. The van der Waals surface area contributed by atoms with Gasteiger partial charge in [-0.05, 0) is 38.3 Å². The van der Waals surface area contributed by atoms with Crippen molar-refractivity contribution in [2.75, 3.05) is 13.1 Å². The second-order valence-electron chi connectivity index (χ2n) is 4.15. The van der Waals surface area contributed by atoms with Crippen molar-refractivity contribution in [1.29, 1.82) is 0 Å². The molecule has 2 rings (SSSR count). The largest absolute Gasteiger partial charge is 0.299 e. The Morgan fingerprint density at radius 2 is 2.00 bits per heavy atom. The van der Waals surface area contributed by atoms with Crippen molar-refractivity contribution in [3.8, 4) is 0 Å². The maximum atomic E-state index is 2.51. The minimum atomic E-state index is 1.11. The summed E-state index contributed by atoms with van der Waals surface area (Å²) >= 11 is 0. The molecule has 0 atom stereocenters. The molecule has 0 spiro atoms. The first-order valence-corrected chi connectivity index (χ1v) is 5.44. The second-order valence-corrected chi connectivity index (χ2v) is 4.15. The van der Waals surface area contributed by atoms with E-state index in [1.807, 2.05) is 0 Å². The molecule has 1 heteroatoms. The molecule has 14 heavy (non-hydrogen) atoms. The monoisotopic (exact) mass is 188 g/mol. The highest BCUT2D eigenvalue weighted by atomic mass is 15.1. The maximum absolute atomic E-state index is 2.51. The molecule has 0 saturated carbocycles. The van der Waals surface area contributed by atoms with Crippen LogP contribution in [0.15, 0.2) is 24.3 Å². The SMILES string of the molecule is Cc1ccc(CN2C[CH]CCC2)cc1. The predicted molar refractivity (Wildman–Crippen MR) is 60.0 cm³/mol. The van der Waals surface area contributed by atoms with Crippen LogP contribution in [-0.2, 0) is 6.54 Å². The van der Waals surface area contributed by atoms with Crippen LogP contribution < -0.4 is 0 Å². The lowest BCUT2D eigenvalue weighted by Gasteiger charge is -2.26. The van der Waals surface area contributed by atoms with E-state index in [0.29, 0.717) is 0 Å². The Hall–Kier alpha value is -0.820. The molecule has 0 amide bonds. The Balaban J connectivity index is 1.92. The molecule has 0 N–H and O–H groups in total. The highest BCUT2D eigenvalue weighted by Crippen LogP contribution is 2.12. The maximum Gasteiger partial charge on any atom is 0.0233 e. The predicted octanol–water partition coefficient (Wildman–Crippen LogP) is 2.80. The lowest BCUT2D eigenvalue weighted by atomic mass is 10.1. The van der Waals surface area contributed by atoms with E-state index >= 15 is 0 Å². The van der Waals surface area contributed by atoms with Crippen molar-refractivity contribution in [2.45, 2.75) is 26.3 Å². The minimum absolute atomic E-state index is 1.11. The number of rotatable bonds is 2. The number of nitrogens with zero attached hydrogens (tertiary/aromatic N) is 1. The van der Waals surface area contributed by atoms with Crippen LogP contribution in [0.3, 0.4) is 0 Å². The van der Waals surface area contributed by atoms with Gasteiger partial charge in [-0.3, -0.25) is 4.90 Å². The molecule has 0 aliphatic carbocycles. The van der Waals surface area contributed by atoms with E-state index in [0.717, 1.165) is 13.1 Å². The number of hydrogen-bond donors (Lipinski definition) is 0. The Bertz CT molecular complexity index is 270. The number of aryl methyl sites for hydroxylation is 1. The minimum Gasteiger partial charge on any atom is -0.299 e. The van der Waals surface area contributed by atoms with Gasteiger partial charge in [0.05, 0.1) is 0 Å². The van der Waals surface area contributed by atoms with Gasteiger partial charge >= 0.3 is 0 Å². The summed E-state index contributed by atoms with van der Waals surface area (Å²) in [5.74, 6) is 0. The van der Waals surface area contributed by atoms with Crippen LogP contribution in [0, 0.1) is 13.3 Å². The molecule has 1 saturated heterocycles. The quantitative estimate of drug-likeness (QED) is 0.690. The molecule has 75 valence electrons. The normalized spacial score (nSPS) is 18.4. The van der Waals surface area contributed by atoms with Gasteiger partial charge in [-0.2, -0.15) is 0 Å². The third-order valence-corrected chi connectivity index (χ3v) is 2.80. The average Bonchev–Trinajstić information content (AvgIpc) is 2.23. The third-order valence-electron chi connectivity index (χ3n) is 2.80. The Labute approximate surface area is 86.7 Å². The molecule has 0 unspecified atom stereocenters. The van der Waals surface area contributed by atoms with Crippen LogP contribution in [0.25, 0.3) is 0 Å². The summed E-state index contributed by atoms with van der Waals surface area (Å²) in [6.07, 6.45) is 5.01. The zero-order chi connectivity index (χ0) is 9.80. The molecule has 1 aromatic rings. The second kappa shape index (κ2) is 4.61. The first kappa shape index (κ1) is 9.72. The fourth-order valence-corrected chi connectivity index (χ4v) is 1.92. The number of benzene rings is 1. The topological polar surface area (TPSA) is 3.24 Å². The molecule has 0 aromatic heterocycles. The number of hydrogen-bond acceptors (Lipinski definition) is 1. The Kier molecular flexibility index (Phi) is 3.20. The molecule has 1 aliphatic rings. The van der Waals surface area contributed by atoms with Crippen molar-refractivity contribution >= 4 is 0 Å². The van der Waals surface area contributed by atoms with Crippen LogP contribution in [-0.4, -0.2) is 18.0 Å². The van der Waals surface area contributed by atoms with Gasteiger partial charge in [-0.15, -0.1) is 0 Å². The highest BCUT2D eigenvalue weighted by molar-refractivity contribution is 5.21. The van der Waals surface area contributed by atoms with Gasteiger partial charge in [0.2, 0.25) is 0 Å². The highest BCUT2D eigenvalue weighted by Gasteiger charge is 2.09. The molecular formula is C13H18N. The summed E-state index contributed by atoms with van der Waals surface area (Å²) in [6.45, 7) is 5.66. The fraction of sp³-hybridized carbons (Fsp3) is 0.462. The first-order chi connectivity index (χ1) is 6.84. The van der Waals surface area contributed by atoms with Crippen molar-refractivity contribution in [3.63, 3.8) is 0 Å². The van der Waals surface area contributed by atoms with Gasteiger partial charge in [0.1, 0.15) is 0 Å². The number of piperidine rings is 1. The third kappa shape index (κ3) is 2.58. The van der Waals surface area contributed by atoms with Crippen LogP contribution in [0.5, 0.6) is 0 Å². The molecule has 1 aromatic carbocycles. The molecule has 1 radical (unpaired) electrons. The summed E-state index contributed by atoms with van der Waals surface area (Å²) in [4.78, 5) is 2.51. The summed E-state index contributed by atoms with van der Waals surface area (Å²) in [7, 11) is 0. The van der Waals surface area contributed by atoms with E-state index in [1.165, 1.54) is 30.5 Å². The standard InChI is InChI=1S/C13H18N/c1-12-5-7-13(8-6-12)11-14-9-3-2-4-10-14/h3,5-8H,2,4,9-11H2,1H3. The molecule has 1 fully saturated rings. The van der Waals surface area contributed by atoms with E-state index in [2.05, 4.69) is 42.5 Å². The molecular weight excluding hydrogens is 170 g/mol. The van der Waals surface area contributed by atoms with E-state index < -0.39 is 0 Å². The van der Waals surface area contributed by atoms with Crippen LogP contribution in [0.1, 0.15) is 24.0 Å². The van der Waals surface area contributed by atoms with Gasteiger partial charge in [0.25, 0.3) is 0 Å². The van der Waals surface area contributed by atoms with Crippen molar-refractivity contribution < 1.29 is 0 Å². The Morgan fingerprint density at radius 3 is 2.64 bits per heavy atom. The summed E-state index contributed by atoms with van der Waals surface area (Å²) in [6, 6.07) is 8.87. The fourth-order valence-electron chi connectivity index (χ4n) is 1.92. The zero-order valence-corrected chi connectivity index (χ0v) is 8.87. The average molecular weight is 188 g/mol.